The minimum atomic E-state index is 0.195. The lowest BCUT2D eigenvalue weighted by Crippen LogP contribution is -2.29. The first-order valence-electron chi connectivity index (χ1n) is 6.45. The van der Waals surface area contributed by atoms with Crippen molar-refractivity contribution in [1.82, 2.24) is 14.9 Å². The second-order valence-electron chi connectivity index (χ2n) is 4.97. The van der Waals surface area contributed by atoms with Gasteiger partial charge in [-0.25, -0.2) is 9.97 Å². The maximum atomic E-state index is 11.8. The number of hydrogen-bond acceptors (Lipinski definition) is 5. The van der Waals surface area contributed by atoms with Crippen LogP contribution in [0.2, 0.25) is 0 Å². The highest BCUT2D eigenvalue weighted by molar-refractivity contribution is 5.78. The predicted molar refractivity (Wildman–Crippen MR) is 71.4 cm³/mol. The molecule has 0 saturated carbocycles. The molecule has 1 saturated heterocycles. The van der Waals surface area contributed by atoms with Crippen LogP contribution in [0, 0.1) is 12.8 Å². The fourth-order valence-corrected chi connectivity index (χ4v) is 2.47. The van der Waals surface area contributed by atoms with E-state index in [9.17, 15) is 4.79 Å². The first-order valence-corrected chi connectivity index (χ1v) is 6.45. The van der Waals surface area contributed by atoms with E-state index in [-0.39, 0.29) is 5.91 Å². The SMILES string of the molecule is COCCN1C[C@H](Cc2cc(C)nc(N)n2)CC1=O. The summed E-state index contributed by atoms with van der Waals surface area (Å²) in [6.45, 7) is 3.91. The Morgan fingerprint density at radius 2 is 2.32 bits per heavy atom. The van der Waals surface area contributed by atoms with E-state index in [1.165, 1.54) is 0 Å². The average Bonchev–Trinajstić information content (AvgIpc) is 2.65. The quantitative estimate of drug-likeness (QED) is 0.832. The van der Waals surface area contributed by atoms with Gasteiger partial charge in [0.1, 0.15) is 0 Å². The molecule has 1 aromatic rings. The van der Waals surface area contributed by atoms with E-state index < -0.39 is 0 Å². The van der Waals surface area contributed by atoms with Gasteiger partial charge in [0.25, 0.3) is 0 Å². The molecular weight excluding hydrogens is 244 g/mol. The predicted octanol–water partition coefficient (Wildman–Crippen LogP) is 0.405. The van der Waals surface area contributed by atoms with Gasteiger partial charge in [-0.15, -0.1) is 0 Å². The summed E-state index contributed by atoms with van der Waals surface area (Å²) in [5.74, 6) is 0.800. The van der Waals surface area contributed by atoms with Gasteiger partial charge in [0.2, 0.25) is 11.9 Å². The molecule has 0 radical (unpaired) electrons. The number of rotatable bonds is 5. The maximum Gasteiger partial charge on any atom is 0.223 e. The lowest BCUT2D eigenvalue weighted by Gasteiger charge is -2.15. The first-order chi connectivity index (χ1) is 9.08. The van der Waals surface area contributed by atoms with Gasteiger partial charge in [0, 0.05) is 38.0 Å². The van der Waals surface area contributed by atoms with E-state index in [0.29, 0.717) is 31.4 Å². The zero-order valence-corrected chi connectivity index (χ0v) is 11.4. The number of nitrogens with two attached hydrogens (primary N) is 1. The molecule has 1 amide bonds. The average molecular weight is 264 g/mol. The van der Waals surface area contributed by atoms with Crippen molar-refractivity contribution in [3.63, 3.8) is 0 Å². The van der Waals surface area contributed by atoms with Gasteiger partial charge in [-0.3, -0.25) is 4.79 Å². The van der Waals surface area contributed by atoms with Crippen molar-refractivity contribution >= 4 is 11.9 Å². The molecule has 6 nitrogen and oxygen atoms in total. The Morgan fingerprint density at radius 1 is 1.53 bits per heavy atom. The van der Waals surface area contributed by atoms with Crippen LogP contribution in [0.4, 0.5) is 5.95 Å². The van der Waals surface area contributed by atoms with E-state index in [2.05, 4.69) is 9.97 Å². The van der Waals surface area contributed by atoms with Gasteiger partial charge in [-0.1, -0.05) is 0 Å². The molecular formula is C13H20N4O2. The number of anilines is 1. The molecule has 1 fully saturated rings. The molecule has 0 unspecified atom stereocenters. The lowest BCUT2D eigenvalue weighted by atomic mass is 10.0. The number of nitrogen functional groups attached to an aromatic ring is 1. The van der Waals surface area contributed by atoms with Crippen LogP contribution in [0.15, 0.2) is 6.07 Å². The molecule has 2 N–H and O–H groups in total. The Morgan fingerprint density at radius 3 is 3.00 bits per heavy atom. The van der Waals surface area contributed by atoms with E-state index in [0.717, 1.165) is 24.4 Å². The number of carbonyl (C=O) groups excluding carboxylic acids is 1. The van der Waals surface area contributed by atoms with E-state index >= 15 is 0 Å². The molecule has 1 aliphatic heterocycles. The molecule has 1 atom stereocenters. The first kappa shape index (κ1) is 13.7. The van der Waals surface area contributed by atoms with Crippen molar-refractivity contribution in [1.29, 1.82) is 0 Å². The Balaban J connectivity index is 1.95. The summed E-state index contributed by atoms with van der Waals surface area (Å²) in [7, 11) is 1.64. The number of aryl methyl sites for hydroxylation is 1. The van der Waals surface area contributed by atoms with Crippen molar-refractivity contribution in [3.8, 4) is 0 Å². The standard InChI is InChI=1S/C13H20N4O2/c1-9-5-11(16-13(14)15-9)6-10-7-12(18)17(8-10)3-4-19-2/h5,10H,3-4,6-8H2,1-2H3,(H2,14,15,16)/t10-/m1/s1. The summed E-state index contributed by atoms with van der Waals surface area (Å²) in [5, 5.41) is 0. The van der Waals surface area contributed by atoms with Crippen LogP contribution in [-0.4, -0.2) is 47.6 Å². The number of carbonyl (C=O) groups is 1. The van der Waals surface area contributed by atoms with E-state index in [1.807, 2.05) is 17.9 Å². The van der Waals surface area contributed by atoms with Gasteiger partial charge < -0.3 is 15.4 Å². The number of ether oxygens (including phenoxy) is 1. The number of hydrogen-bond donors (Lipinski definition) is 1. The molecule has 2 heterocycles. The summed E-state index contributed by atoms with van der Waals surface area (Å²) in [6, 6.07) is 1.93. The lowest BCUT2D eigenvalue weighted by molar-refractivity contribution is -0.128. The van der Waals surface area contributed by atoms with Crippen LogP contribution >= 0.6 is 0 Å². The normalized spacial score (nSPS) is 19.2. The monoisotopic (exact) mass is 264 g/mol. The highest BCUT2D eigenvalue weighted by atomic mass is 16.5. The fraction of sp³-hybridized carbons (Fsp3) is 0.615. The fourth-order valence-electron chi connectivity index (χ4n) is 2.47. The van der Waals surface area contributed by atoms with Crippen molar-refractivity contribution in [3.05, 3.63) is 17.5 Å². The third kappa shape index (κ3) is 3.64. The molecule has 1 aromatic heterocycles. The smallest absolute Gasteiger partial charge is 0.223 e. The van der Waals surface area contributed by atoms with Gasteiger partial charge in [-0.2, -0.15) is 0 Å². The Hall–Kier alpha value is -1.69. The third-order valence-electron chi connectivity index (χ3n) is 3.28. The second kappa shape index (κ2) is 5.97. The minimum absolute atomic E-state index is 0.195. The van der Waals surface area contributed by atoms with Crippen molar-refractivity contribution in [2.75, 3.05) is 32.5 Å². The van der Waals surface area contributed by atoms with Crippen LogP contribution in [0.3, 0.4) is 0 Å². The van der Waals surface area contributed by atoms with Crippen LogP contribution in [-0.2, 0) is 16.0 Å². The number of amides is 1. The zero-order valence-electron chi connectivity index (χ0n) is 11.4. The zero-order chi connectivity index (χ0) is 13.8. The van der Waals surface area contributed by atoms with Crippen LogP contribution in [0.25, 0.3) is 0 Å². The molecule has 19 heavy (non-hydrogen) atoms. The van der Waals surface area contributed by atoms with Gasteiger partial charge in [0.15, 0.2) is 0 Å². The molecule has 0 bridgehead atoms. The van der Waals surface area contributed by atoms with Crippen LogP contribution in [0.1, 0.15) is 17.8 Å². The van der Waals surface area contributed by atoms with Gasteiger partial charge >= 0.3 is 0 Å². The topological polar surface area (TPSA) is 81.3 Å². The molecule has 6 heteroatoms. The molecule has 0 aliphatic carbocycles. The summed E-state index contributed by atoms with van der Waals surface area (Å²) in [4.78, 5) is 22.0. The molecule has 1 aliphatic rings. The summed E-state index contributed by atoms with van der Waals surface area (Å²) in [6.07, 6.45) is 1.34. The Bertz CT molecular complexity index is 444. The largest absolute Gasteiger partial charge is 0.383 e. The number of likely N-dealkylation sites (tertiary alicyclic amines) is 1. The summed E-state index contributed by atoms with van der Waals surface area (Å²) < 4.78 is 5.01. The summed E-state index contributed by atoms with van der Waals surface area (Å²) >= 11 is 0. The van der Waals surface area contributed by atoms with Crippen molar-refractivity contribution < 1.29 is 9.53 Å². The molecule has 104 valence electrons. The number of methoxy groups -OCH3 is 1. The Labute approximate surface area is 113 Å². The molecule has 0 aromatic carbocycles. The number of aromatic nitrogens is 2. The maximum absolute atomic E-state index is 11.8. The van der Waals surface area contributed by atoms with Crippen molar-refractivity contribution in [2.45, 2.75) is 19.8 Å². The highest BCUT2D eigenvalue weighted by Gasteiger charge is 2.29. The van der Waals surface area contributed by atoms with Gasteiger partial charge in [0.05, 0.1) is 6.61 Å². The third-order valence-corrected chi connectivity index (χ3v) is 3.28. The summed E-state index contributed by atoms with van der Waals surface area (Å²) in [5.41, 5.74) is 7.42. The minimum Gasteiger partial charge on any atom is -0.383 e. The second-order valence-corrected chi connectivity index (χ2v) is 4.97. The van der Waals surface area contributed by atoms with Crippen molar-refractivity contribution in [2.24, 2.45) is 5.92 Å². The number of nitrogens with zero attached hydrogens (tertiary/aromatic N) is 3. The van der Waals surface area contributed by atoms with E-state index in [4.69, 9.17) is 10.5 Å². The van der Waals surface area contributed by atoms with E-state index in [1.54, 1.807) is 7.11 Å². The van der Waals surface area contributed by atoms with Crippen LogP contribution < -0.4 is 5.73 Å². The molecule has 0 spiro atoms. The van der Waals surface area contributed by atoms with Crippen LogP contribution in [0.5, 0.6) is 0 Å². The molecule has 2 rings (SSSR count). The van der Waals surface area contributed by atoms with Gasteiger partial charge in [-0.05, 0) is 25.3 Å². The highest BCUT2D eigenvalue weighted by Crippen LogP contribution is 2.21. The Kier molecular flexibility index (Phi) is 4.31.